The molecule has 0 aliphatic carbocycles. The fourth-order valence-electron chi connectivity index (χ4n) is 1.93. The second kappa shape index (κ2) is 7.20. The number of hydrogen-bond donors (Lipinski definition) is 2. The van der Waals surface area contributed by atoms with Crippen molar-refractivity contribution < 1.29 is 22.7 Å². The lowest BCUT2D eigenvalue weighted by Gasteiger charge is -2.29. The lowest BCUT2D eigenvalue weighted by atomic mass is 9.84. The number of ether oxygens (including phenoxy) is 1. The highest BCUT2D eigenvalue weighted by atomic mass is 32.2. The Balaban J connectivity index is 2.94. The van der Waals surface area contributed by atoms with E-state index in [2.05, 4.69) is 4.72 Å². The van der Waals surface area contributed by atoms with Crippen molar-refractivity contribution in [2.24, 2.45) is 5.41 Å². The summed E-state index contributed by atoms with van der Waals surface area (Å²) in [4.78, 5) is -0.167. The minimum atomic E-state index is -3.83. The van der Waals surface area contributed by atoms with Gasteiger partial charge in [0.15, 0.2) is 11.6 Å². The van der Waals surface area contributed by atoms with E-state index in [0.29, 0.717) is 12.8 Å². The number of halogens is 1. The molecule has 0 saturated heterocycles. The maximum absolute atomic E-state index is 13.6. The molecule has 0 fully saturated rings. The summed E-state index contributed by atoms with van der Waals surface area (Å²) in [5, 5.41) is 9.45. The second-order valence-electron chi connectivity index (χ2n) is 4.99. The van der Waals surface area contributed by atoms with E-state index >= 15 is 0 Å². The van der Waals surface area contributed by atoms with Crippen LogP contribution in [0.25, 0.3) is 0 Å². The summed E-state index contributed by atoms with van der Waals surface area (Å²) in [7, 11) is -2.52. The molecule has 0 unspecified atom stereocenters. The highest BCUT2D eigenvalue weighted by Gasteiger charge is 2.28. The van der Waals surface area contributed by atoms with Gasteiger partial charge in [-0.1, -0.05) is 13.8 Å². The molecule has 1 aromatic carbocycles. The molecule has 0 radical (unpaired) electrons. The average Bonchev–Trinajstić information content (AvgIpc) is 2.49. The van der Waals surface area contributed by atoms with Gasteiger partial charge < -0.3 is 9.84 Å². The molecule has 0 heterocycles. The highest BCUT2D eigenvalue weighted by molar-refractivity contribution is 7.89. The lowest BCUT2D eigenvalue weighted by Crippen LogP contribution is -2.39. The van der Waals surface area contributed by atoms with Gasteiger partial charge in [0.2, 0.25) is 10.0 Å². The molecule has 21 heavy (non-hydrogen) atoms. The Hall–Kier alpha value is -1.18. The van der Waals surface area contributed by atoms with Crippen molar-refractivity contribution in [3.8, 4) is 5.75 Å². The SMILES string of the molecule is CCC(CC)(CO)CNS(=O)(=O)c1ccc(OC)c(F)c1. The van der Waals surface area contributed by atoms with Crippen molar-refractivity contribution in [1.82, 2.24) is 4.72 Å². The van der Waals surface area contributed by atoms with Crippen LogP contribution in [-0.4, -0.2) is 33.8 Å². The molecule has 0 spiro atoms. The molecular formula is C14H22FNO4S. The first-order valence-electron chi connectivity index (χ1n) is 6.78. The average molecular weight is 319 g/mol. The number of aliphatic hydroxyl groups is 1. The Morgan fingerprint density at radius 3 is 2.38 bits per heavy atom. The maximum Gasteiger partial charge on any atom is 0.240 e. The maximum atomic E-state index is 13.6. The zero-order valence-electron chi connectivity index (χ0n) is 12.5. The van der Waals surface area contributed by atoms with E-state index in [-0.39, 0.29) is 23.8 Å². The summed E-state index contributed by atoms with van der Waals surface area (Å²) in [6.07, 6.45) is 1.28. The molecule has 0 saturated carbocycles. The quantitative estimate of drug-likeness (QED) is 0.767. The number of hydrogen-bond acceptors (Lipinski definition) is 4. The predicted molar refractivity (Wildman–Crippen MR) is 78.2 cm³/mol. The normalized spacial score (nSPS) is 12.4. The predicted octanol–water partition coefficient (Wildman–Crippen LogP) is 1.91. The summed E-state index contributed by atoms with van der Waals surface area (Å²) in [6.45, 7) is 3.77. The number of aliphatic hydroxyl groups excluding tert-OH is 1. The molecule has 0 aromatic heterocycles. The molecule has 5 nitrogen and oxygen atoms in total. The first-order chi connectivity index (χ1) is 9.84. The summed E-state index contributed by atoms with van der Waals surface area (Å²) >= 11 is 0. The molecule has 0 bridgehead atoms. The molecule has 0 aliphatic rings. The van der Waals surface area contributed by atoms with Crippen LogP contribution in [0.1, 0.15) is 26.7 Å². The molecule has 0 amide bonds. The molecule has 0 aliphatic heterocycles. The summed E-state index contributed by atoms with van der Waals surface area (Å²) in [5.41, 5.74) is -0.502. The molecule has 0 atom stereocenters. The van der Waals surface area contributed by atoms with Crippen molar-refractivity contribution in [2.75, 3.05) is 20.3 Å². The van der Waals surface area contributed by atoms with Crippen molar-refractivity contribution in [2.45, 2.75) is 31.6 Å². The van der Waals surface area contributed by atoms with Gasteiger partial charge in [-0.05, 0) is 31.0 Å². The summed E-state index contributed by atoms with van der Waals surface area (Å²) in [5.74, 6) is -0.749. The minimum absolute atomic E-state index is 0.0132. The van der Waals surface area contributed by atoms with Crippen LogP contribution in [0.3, 0.4) is 0 Å². The van der Waals surface area contributed by atoms with Gasteiger partial charge in [-0.15, -0.1) is 0 Å². The fourth-order valence-corrected chi connectivity index (χ4v) is 3.09. The van der Waals surface area contributed by atoms with Gasteiger partial charge in [0.25, 0.3) is 0 Å². The van der Waals surface area contributed by atoms with Gasteiger partial charge >= 0.3 is 0 Å². The third-order valence-electron chi connectivity index (χ3n) is 3.91. The monoisotopic (exact) mass is 319 g/mol. The Labute approximate surface area is 125 Å². The highest BCUT2D eigenvalue weighted by Crippen LogP contribution is 2.26. The van der Waals surface area contributed by atoms with Crippen molar-refractivity contribution in [1.29, 1.82) is 0 Å². The summed E-state index contributed by atoms with van der Waals surface area (Å²) in [6, 6.07) is 3.46. The lowest BCUT2D eigenvalue weighted by molar-refractivity contribution is 0.119. The third kappa shape index (κ3) is 4.15. The van der Waals surface area contributed by atoms with Crippen molar-refractivity contribution in [3.05, 3.63) is 24.0 Å². The van der Waals surface area contributed by atoms with E-state index in [1.165, 1.54) is 19.2 Å². The Kier molecular flexibility index (Phi) is 6.12. The van der Waals surface area contributed by atoms with Crippen LogP contribution in [0.4, 0.5) is 4.39 Å². The first kappa shape index (κ1) is 17.9. The van der Waals surface area contributed by atoms with Gasteiger partial charge in [0.1, 0.15) is 0 Å². The van der Waals surface area contributed by atoms with E-state index in [1.807, 2.05) is 13.8 Å². The van der Waals surface area contributed by atoms with Crippen LogP contribution in [0, 0.1) is 11.2 Å². The zero-order chi connectivity index (χ0) is 16.1. The van der Waals surface area contributed by atoms with E-state index < -0.39 is 21.3 Å². The third-order valence-corrected chi connectivity index (χ3v) is 5.31. The van der Waals surface area contributed by atoms with Gasteiger partial charge in [-0.3, -0.25) is 0 Å². The van der Waals surface area contributed by atoms with Gasteiger partial charge in [-0.25, -0.2) is 17.5 Å². The van der Waals surface area contributed by atoms with E-state index in [1.54, 1.807) is 0 Å². The van der Waals surface area contributed by atoms with Gasteiger partial charge in [-0.2, -0.15) is 0 Å². The Bertz CT molecular complexity index is 562. The number of rotatable bonds is 8. The van der Waals surface area contributed by atoms with Crippen molar-refractivity contribution >= 4 is 10.0 Å². The van der Waals surface area contributed by atoms with Crippen LogP contribution in [0.15, 0.2) is 23.1 Å². The Morgan fingerprint density at radius 2 is 1.95 bits per heavy atom. The van der Waals surface area contributed by atoms with E-state index in [4.69, 9.17) is 4.74 Å². The summed E-state index contributed by atoms with van der Waals surface area (Å²) < 4.78 is 45.1. The smallest absolute Gasteiger partial charge is 0.240 e. The molecule has 2 N–H and O–H groups in total. The number of methoxy groups -OCH3 is 1. The zero-order valence-corrected chi connectivity index (χ0v) is 13.3. The van der Waals surface area contributed by atoms with Gasteiger partial charge in [0.05, 0.1) is 12.0 Å². The Morgan fingerprint density at radius 1 is 1.33 bits per heavy atom. The molecular weight excluding hydrogens is 297 g/mol. The molecule has 120 valence electrons. The number of sulfonamides is 1. The van der Waals surface area contributed by atoms with Crippen LogP contribution < -0.4 is 9.46 Å². The van der Waals surface area contributed by atoms with E-state index in [9.17, 15) is 17.9 Å². The first-order valence-corrected chi connectivity index (χ1v) is 8.26. The van der Waals surface area contributed by atoms with Crippen LogP contribution >= 0.6 is 0 Å². The largest absolute Gasteiger partial charge is 0.494 e. The number of nitrogens with one attached hydrogen (secondary N) is 1. The molecule has 1 rings (SSSR count). The molecule has 7 heteroatoms. The topological polar surface area (TPSA) is 75.6 Å². The standard InChI is InChI=1S/C14H22FNO4S/c1-4-14(5-2,10-17)9-16-21(18,19)11-6-7-13(20-3)12(15)8-11/h6-8,16-17H,4-5,9-10H2,1-3H3. The van der Waals surface area contributed by atoms with Crippen molar-refractivity contribution in [3.63, 3.8) is 0 Å². The van der Waals surface area contributed by atoms with Crippen LogP contribution in [-0.2, 0) is 10.0 Å². The fraction of sp³-hybridized carbons (Fsp3) is 0.571. The van der Waals surface area contributed by atoms with Crippen LogP contribution in [0.2, 0.25) is 0 Å². The number of benzene rings is 1. The minimum Gasteiger partial charge on any atom is -0.494 e. The van der Waals surface area contributed by atoms with Gasteiger partial charge in [0, 0.05) is 18.6 Å². The molecule has 1 aromatic rings. The van der Waals surface area contributed by atoms with Crippen LogP contribution in [0.5, 0.6) is 5.75 Å². The second-order valence-corrected chi connectivity index (χ2v) is 6.75. The van der Waals surface area contributed by atoms with E-state index in [0.717, 1.165) is 6.07 Å².